The first-order chi connectivity index (χ1) is 20.0. The van der Waals surface area contributed by atoms with E-state index in [1.54, 1.807) is 19.2 Å². The predicted molar refractivity (Wildman–Crippen MR) is 157 cm³/mol. The van der Waals surface area contributed by atoms with Gasteiger partial charge in [0.15, 0.2) is 0 Å². The number of rotatable bonds is 7. The highest BCUT2D eigenvalue weighted by atomic mass is 35.5. The van der Waals surface area contributed by atoms with Crippen LogP contribution in [0.1, 0.15) is 16.8 Å². The lowest BCUT2D eigenvalue weighted by Crippen LogP contribution is -2.21. The summed E-state index contributed by atoms with van der Waals surface area (Å²) in [5.41, 5.74) is 3.05. The monoisotopic (exact) mass is 594 g/mol. The van der Waals surface area contributed by atoms with Crippen molar-refractivity contribution in [1.82, 2.24) is 25.1 Å². The van der Waals surface area contributed by atoms with Crippen LogP contribution in [0.15, 0.2) is 65.6 Å². The highest BCUT2D eigenvalue weighted by molar-refractivity contribution is 6.36. The molecule has 2 N–H and O–H groups in total. The fourth-order valence-corrected chi connectivity index (χ4v) is 5.06. The lowest BCUT2D eigenvalue weighted by atomic mass is 9.96. The molecule has 8 nitrogen and oxygen atoms in total. The molecule has 0 fully saturated rings. The van der Waals surface area contributed by atoms with Gasteiger partial charge in [0, 0.05) is 41.4 Å². The summed E-state index contributed by atoms with van der Waals surface area (Å²) < 4.78 is 47.6. The summed E-state index contributed by atoms with van der Waals surface area (Å²) in [5, 5.41) is 10.4. The Kier molecular flexibility index (Phi) is 7.89. The number of benzene rings is 2. The van der Waals surface area contributed by atoms with Crippen molar-refractivity contribution in [2.75, 3.05) is 19.5 Å². The van der Waals surface area contributed by atoms with Gasteiger partial charge in [-0.2, -0.15) is 18.3 Å². The molecule has 3 aromatic heterocycles. The number of nitrogens with one attached hydrogen (secondary N) is 2. The average Bonchev–Trinajstić information content (AvgIpc) is 2.96. The van der Waals surface area contributed by atoms with Crippen molar-refractivity contribution in [2.24, 2.45) is 7.05 Å². The summed E-state index contributed by atoms with van der Waals surface area (Å²) in [6, 6.07) is 15.5. The van der Waals surface area contributed by atoms with E-state index >= 15 is 0 Å². The van der Waals surface area contributed by atoms with Crippen molar-refractivity contribution in [3.05, 3.63) is 93.0 Å². The number of nitrogens with zero attached hydrogens (tertiary/aromatic N) is 4. The minimum Gasteiger partial charge on any atom is -0.481 e. The van der Waals surface area contributed by atoms with Gasteiger partial charge in [0.1, 0.15) is 11.5 Å². The van der Waals surface area contributed by atoms with Gasteiger partial charge in [0.2, 0.25) is 5.88 Å². The number of hydrogen-bond donors (Lipinski definition) is 2. The minimum atomic E-state index is -4.72. The molecule has 0 aliphatic carbocycles. The normalized spacial score (nSPS) is 11.6. The van der Waals surface area contributed by atoms with Gasteiger partial charge < -0.3 is 15.4 Å². The highest BCUT2D eigenvalue weighted by Crippen LogP contribution is 2.40. The summed E-state index contributed by atoms with van der Waals surface area (Å²) in [6.45, 7) is 2.39. The molecule has 0 unspecified atom stereocenters. The zero-order valence-corrected chi connectivity index (χ0v) is 23.9. The van der Waals surface area contributed by atoms with Crippen molar-refractivity contribution in [3.8, 4) is 28.3 Å². The molecule has 0 aliphatic heterocycles. The van der Waals surface area contributed by atoms with Crippen LogP contribution in [0.5, 0.6) is 5.88 Å². The smallest absolute Gasteiger partial charge is 0.433 e. The molecule has 0 spiro atoms. The first-order valence-electron chi connectivity index (χ1n) is 12.8. The molecular formula is C30H26ClF3N6O2. The number of anilines is 2. The van der Waals surface area contributed by atoms with Crippen molar-refractivity contribution in [2.45, 2.75) is 19.6 Å². The van der Waals surface area contributed by atoms with Crippen LogP contribution in [-0.4, -0.2) is 33.9 Å². The summed E-state index contributed by atoms with van der Waals surface area (Å²) in [7, 11) is 4.81. The second kappa shape index (κ2) is 11.4. The molecule has 0 radical (unpaired) electrons. The molecular weight excluding hydrogens is 569 g/mol. The van der Waals surface area contributed by atoms with E-state index in [0.29, 0.717) is 45.5 Å². The number of alkyl halides is 3. The van der Waals surface area contributed by atoms with Crippen molar-refractivity contribution in [3.63, 3.8) is 0 Å². The Hall–Kier alpha value is -4.48. The standard InChI is InChI=1S/C30H26ClF3N6O2/c1-16-19(20-8-5-9-21(26(20)31)23-12-11-17(14-35-2)28(38-23)42-4)7-6-10-22(16)37-27-25-18(15-36-40(3)29(25)41)13-24(39-27)30(32,33)34/h5-13,15,35H,14H2,1-4H3,(H,37,39). The molecule has 3 heterocycles. The number of fused-ring (bicyclic) bond motifs is 1. The molecule has 0 atom stereocenters. The number of pyridine rings is 2. The number of methoxy groups -OCH3 is 1. The van der Waals surface area contributed by atoms with E-state index in [0.717, 1.165) is 21.9 Å². The number of ether oxygens (including phenoxy) is 1. The van der Waals surface area contributed by atoms with Gasteiger partial charge in [0.25, 0.3) is 5.56 Å². The molecule has 216 valence electrons. The Balaban J connectivity index is 1.61. The van der Waals surface area contributed by atoms with Crippen LogP contribution < -0.4 is 20.9 Å². The maximum absolute atomic E-state index is 13.7. The molecule has 0 amide bonds. The fraction of sp³-hybridized carbons (Fsp3) is 0.200. The third kappa shape index (κ3) is 5.40. The largest absolute Gasteiger partial charge is 0.481 e. The quantitative estimate of drug-likeness (QED) is 0.222. The van der Waals surface area contributed by atoms with Crippen LogP contribution in [0.2, 0.25) is 5.02 Å². The lowest BCUT2D eigenvalue weighted by Gasteiger charge is -2.17. The summed E-state index contributed by atoms with van der Waals surface area (Å²) in [6.07, 6.45) is -3.51. The Morgan fingerprint density at radius 1 is 1.02 bits per heavy atom. The zero-order valence-electron chi connectivity index (χ0n) is 23.1. The molecule has 5 aromatic rings. The Bertz CT molecular complexity index is 1870. The summed E-state index contributed by atoms with van der Waals surface area (Å²) in [5.74, 6) is 0.258. The summed E-state index contributed by atoms with van der Waals surface area (Å²) >= 11 is 6.94. The van der Waals surface area contributed by atoms with Gasteiger partial charge >= 0.3 is 6.18 Å². The van der Waals surface area contributed by atoms with E-state index in [4.69, 9.17) is 16.3 Å². The molecule has 42 heavy (non-hydrogen) atoms. The van der Waals surface area contributed by atoms with E-state index in [1.807, 2.05) is 50.4 Å². The number of hydrogen-bond acceptors (Lipinski definition) is 7. The molecule has 5 rings (SSSR count). The number of aryl methyl sites for hydroxylation is 1. The Morgan fingerprint density at radius 2 is 1.74 bits per heavy atom. The van der Waals surface area contributed by atoms with Gasteiger partial charge in [-0.1, -0.05) is 48.0 Å². The maximum Gasteiger partial charge on any atom is 0.433 e. The minimum absolute atomic E-state index is 0.00734. The van der Waals surface area contributed by atoms with Gasteiger partial charge in [0.05, 0.1) is 29.4 Å². The van der Waals surface area contributed by atoms with Crippen LogP contribution in [0.4, 0.5) is 24.7 Å². The molecule has 0 bridgehead atoms. The third-order valence-corrected chi connectivity index (χ3v) is 7.28. The van der Waals surface area contributed by atoms with Gasteiger partial charge in [-0.05, 0) is 43.3 Å². The first kappa shape index (κ1) is 29.0. The highest BCUT2D eigenvalue weighted by Gasteiger charge is 2.34. The average molecular weight is 595 g/mol. The first-order valence-corrected chi connectivity index (χ1v) is 13.2. The fourth-order valence-electron chi connectivity index (χ4n) is 4.74. The Morgan fingerprint density at radius 3 is 2.45 bits per heavy atom. The van der Waals surface area contributed by atoms with E-state index in [1.165, 1.54) is 13.2 Å². The van der Waals surface area contributed by atoms with Gasteiger partial charge in [-0.15, -0.1) is 0 Å². The molecule has 12 heteroatoms. The SMILES string of the molecule is CNCc1ccc(-c2cccc(-c3cccc(Nc4nc(C(F)(F)F)cc5cnn(C)c(=O)c45)c3C)c2Cl)nc1OC. The van der Waals surface area contributed by atoms with Crippen LogP contribution in [0.3, 0.4) is 0 Å². The summed E-state index contributed by atoms with van der Waals surface area (Å²) in [4.78, 5) is 21.3. The molecule has 2 aromatic carbocycles. The molecule has 0 aliphatic rings. The topological polar surface area (TPSA) is 94.0 Å². The molecule has 0 saturated carbocycles. The zero-order chi connectivity index (χ0) is 30.2. The molecule has 0 saturated heterocycles. The Labute approximate surface area is 244 Å². The van der Waals surface area contributed by atoms with Crippen molar-refractivity contribution in [1.29, 1.82) is 0 Å². The van der Waals surface area contributed by atoms with Crippen LogP contribution in [0, 0.1) is 6.92 Å². The van der Waals surface area contributed by atoms with Crippen LogP contribution in [-0.2, 0) is 19.8 Å². The second-order valence-corrected chi connectivity index (χ2v) is 9.93. The predicted octanol–water partition coefficient (Wildman–Crippen LogP) is 6.51. The van der Waals surface area contributed by atoms with Crippen LogP contribution >= 0.6 is 11.6 Å². The van der Waals surface area contributed by atoms with Crippen molar-refractivity contribution < 1.29 is 17.9 Å². The number of halogens is 4. The van der Waals surface area contributed by atoms with E-state index < -0.39 is 17.4 Å². The van der Waals surface area contributed by atoms with E-state index in [-0.39, 0.29) is 16.6 Å². The second-order valence-electron chi connectivity index (χ2n) is 9.56. The van der Waals surface area contributed by atoms with Crippen molar-refractivity contribution >= 4 is 33.9 Å². The van der Waals surface area contributed by atoms with Gasteiger partial charge in [-0.3, -0.25) is 4.79 Å². The van der Waals surface area contributed by atoms with E-state index in [9.17, 15) is 18.0 Å². The van der Waals surface area contributed by atoms with Gasteiger partial charge in [-0.25, -0.2) is 14.6 Å². The maximum atomic E-state index is 13.7. The van der Waals surface area contributed by atoms with E-state index in [2.05, 4.69) is 25.7 Å². The van der Waals surface area contributed by atoms with Crippen LogP contribution in [0.25, 0.3) is 33.2 Å². The third-order valence-electron chi connectivity index (χ3n) is 6.87. The lowest BCUT2D eigenvalue weighted by molar-refractivity contribution is -0.140. The number of aromatic nitrogens is 4.